The Bertz CT molecular complexity index is 918. The van der Waals surface area contributed by atoms with Crippen molar-refractivity contribution in [2.24, 2.45) is 0 Å². The summed E-state index contributed by atoms with van der Waals surface area (Å²) in [6, 6.07) is 13.3. The third-order valence-corrected chi connectivity index (χ3v) is 11.4. The molecule has 0 unspecified atom stereocenters. The molecule has 0 amide bonds. The van der Waals surface area contributed by atoms with Crippen molar-refractivity contribution >= 4 is 12.4 Å². The van der Waals surface area contributed by atoms with Crippen molar-refractivity contribution < 1.29 is 4.57 Å². The molecule has 0 bridgehead atoms. The van der Waals surface area contributed by atoms with E-state index in [2.05, 4.69) is 119 Å². The molecule has 2 aromatic carbocycles. The summed E-state index contributed by atoms with van der Waals surface area (Å²) in [6.07, 6.45) is 0. The molecule has 0 aliphatic heterocycles. The van der Waals surface area contributed by atoms with E-state index in [-0.39, 0.29) is 10.3 Å². The molecule has 0 aromatic heterocycles. The summed E-state index contributed by atoms with van der Waals surface area (Å²) >= 11 is 0. The Hall–Kier alpha value is -1.33. The molecule has 0 N–H and O–H groups in total. The van der Waals surface area contributed by atoms with Crippen molar-refractivity contribution in [3.05, 3.63) is 53.1 Å². The fraction of sp³-hybridized carbons (Fsp3) is 0.586. The normalized spacial score (nSPS) is 13.5. The van der Waals surface area contributed by atoms with Crippen LogP contribution in [0, 0.1) is 0 Å². The molecule has 2 aromatic rings. The lowest BCUT2D eigenvalue weighted by Crippen LogP contribution is -2.36. The standard InChI is InChI=1S/C29H45OP/c1-19(2)22-17-24(20(3)4)27(25(18-22)21(5)6)23-15-13-14-16-26(23)31(30,28(7,8)9)29(10,11)12/h13-21H,1-12H3. The topological polar surface area (TPSA) is 17.1 Å². The van der Waals surface area contributed by atoms with Crippen molar-refractivity contribution in [1.29, 1.82) is 0 Å². The maximum Gasteiger partial charge on any atom is 0.126 e. The minimum absolute atomic E-state index is 0.324. The monoisotopic (exact) mass is 440 g/mol. The van der Waals surface area contributed by atoms with E-state index < -0.39 is 7.14 Å². The van der Waals surface area contributed by atoms with Gasteiger partial charge >= 0.3 is 0 Å². The largest absolute Gasteiger partial charge is 0.318 e. The van der Waals surface area contributed by atoms with E-state index in [9.17, 15) is 4.57 Å². The first-order valence-electron chi connectivity index (χ1n) is 11.9. The van der Waals surface area contributed by atoms with E-state index in [0.29, 0.717) is 17.8 Å². The summed E-state index contributed by atoms with van der Waals surface area (Å²) in [4.78, 5) is 0. The zero-order valence-corrected chi connectivity index (χ0v) is 22.9. The Morgan fingerprint density at radius 1 is 0.677 bits per heavy atom. The molecule has 0 fully saturated rings. The molecule has 31 heavy (non-hydrogen) atoms. The molecule has 0 aliphatic carbocycles. The van der Waals surface area contributed by atoms with Gasteiger partial charge in [-0.3, -0.25) is 0 Å². The minimum Gasteiger partial charge on any atom is -0.318 e. The number of hydrogen-bond donors (Lipinski definition) is 0. The first kappa shape index (κ1) is 25.9. The Balaban J connectivity index is 3.06. The van der Waals surface area contributed by atoms with E-state index in [1.807, 2.05) is 0 Å². The van der Waals surface area contributed by atoms with E-state index in [1.165, 1.54) is 27.8 Å². The van der Waals surface area contributed by atoms with Crippen LogP contribution < -0.4 is 5.30 Å². The lowest BCUT2D eigenvalue weighted by atomic mass is 9.82. The average molecular weight is 441 g/mol. The van der Waals surface area contributed by atoms with Crippen LogP contribution in [0.1, 0.15) is 118 Å². The molecule has 0 atom stereocenters. The second kappa shape index (κ2) is 8.90. The van der Waals surface area contributed by atoms with Crippen LogP contribution in [0.4, 0.5) is 0 Å². The van der Waals surface area contributed by atoms with Crippen LogP contribution in [0.3, 0.4) is 0 Å². The fourth-order valence-electron chi connectivity index (χ4n) is 4.96. The molecule has 2 heteroatoms. The van der Waals surface area contributed by atoms with Gasteiger partial charge < -0.3 is 4.57 Å². The van der Waals surface area contributed by atoms with Gasteiger partial charge in [-0.1, -0.05) is 119 Å². The Kier molecular flexibility index (Phi) is 7.44. The van der Waals surface area contributed by atoms with Gasteiger partial charge in [-0.25, -0.2) is 0 Å². The first-order valence-corrected chi connectivity index (χ1v) is 13.6. The molecule has 0 saturated heterocycles. The Labute approximate surface area is 192 Å². The number of benzene rings is 2. The van der Waals surface area contributed by atoms with Crippen molar-refractivity contribution in [3.63, 3.8) is 0 Å². The van der Waals surface area contributed by atoms with Gasteiger partial charge in [0.25, 0.3) is 0 Å². The lowest BCUT2D eigenvalue weighted by molar-refractivity contribution is 0.527. The molecule has 0 radical (unpaired) electrons. The zero-order valence-electron chi connectivity index (χ0n) is 22.1. The first-order chi connectivity index (χ1) is 14.0. The van der Waals surface area contributed by atoms with E-state index in [0.717, 1.165) is 5.30 Å². The summed E-state index contributed by atoms with van der Waals surface area (Å²) in [5, 5.41) is 0.390. The predicted molar refractivity (Wildman–Crippen MR) is 141 cm³/mol. The average Bonchev–Trinajstić information content (AvgIpc) is 2.64. The van der Waals surface area contributed by atoms with Crippen LogP contribution in [0.5, 0.6) is 0 Å². The summed E-state index contributed by atoms with van der Waals surface area (Å²) in [7, 11) is -2.77. The molecule has 172 valence electrons. The van der Waals surface area contributed by atoms with E-state index >= 15 is 0 Å². The maximum absolute atomic E-state index is 15.0. The van der Waals surface area contributed by atoms with Crippen molar-refractivity contribution in [2.45, 2.75) is 111 Å². The van der Waals surface area contributed by atoms with Crippen molar-refractivity contribution in [1.82, 2.24) is 0 Å². The van der Waals surface area contributed by atoms with Crippen molar-refractivity contribution in [3.8, 4) is 11.1 Å². The van der Waals surface area contributed by atoms with Gasteiger partial charge in [0, 0.05) is 15.6 Å². The molecule has 0 aliphatic rings. The van der Waals surface area contributed by atoms with Crippen LogP contribution in [0.2, 0.25) is 0 Å². The zero-order chi connectivity index (χ0) is 23.9. The molecule has 0 spiro atoms. The highest BCUT2D eigenvalue weighted by Gasteiger charge is 2.48. The van der Waals surface area contributed by atoms with Crippen LogP contribution in [-0.2, 0) is 4.57 Å². The van der Waals surface area contributed by atoms with Crippen LogP contribution >= 0.6 is 7.14 Å². The van der Waals surface area contributed by atoms with Crippen LogP contribution in [0.15, 0.2) is 36.4 Å². The van der Waals surface area contributed by atoms with Gasteiger partial charge in [0.05, 0.1) is 0 Å². The molecule has 0 heterocycles. The minimum atomic E-state index is -2.77. The Morgan fingerprint density at radius 3 is 1.45 bits per heavy atom. The number of hydrogen-bond acceptors (Lipinski definition) is 1. The molecular weight excluding hydrogens is 395 g/mol. The van der Waals surface area contributed by atoms with Crippen molar-refractivity contribution in [2.75, 3.05) is 0 Å². The fourth-order valence-corrected chi connectivity index (χ4v) is 9.23. The molecule has 1 nitrogen and oxygen atoms in total. The van der Waals surface area contributed by atoms with Gasteiger partial charge in [-0.05, 0) is 45.6 Å². The highest BCUT2D eigenvalue weighted by molar-refractivity contribution is 7.74. The van der Waals surface area contributed by atoms with Gasteiger partial charge in [-0.2, -0.15) is 0 Å². The van der Waals surface area contributed by atoms with Gasteiger partial charge in [0.1, 0.15) is 7.14 Å². The third kappa shape index (κ3) is 4.73. The van der Waals surface area contributed by atoms with E-state index in [4.69, 9.17) is 0 Å². The maximum atomic E-state index is 15.0. The second-order valence-electron chi connectivity index (χ2n) is 12.0. The SMILES string of the molecule is CC(C)c1cc(C(C)C)c(-c2ccccc2P(=O)(C(C)(C)C)C(C)(C)C)c(C(C)C)c1. The summed E-state index contributed by atoms with van der Waals surface area (Å²) in [5.74, 6) is 1.26. The third-order valence-electron chi connectivity index (χ3n) is 6.53. The highest BCUT2D eigenvalue weighted by Crippen LogP contribution is 2.67. The van der Waals surface area contributed by atoms with Gasteiger partial charge in [0.2, 0.25) is 0 Å². The smallest absolute Gasteiger partial charge is 0.126 e. The molecule has 2 rings (SSSR count). The lowest BCUT2D eigenvalue weighted by Gasteiger charge is -2.42. The highest BCUT2D eigenvalue weighted by atomic mass is 31.2. The summed E-state index contributed by atoms with van der Waals surface area (Å²) in [5.41, 5.74) is 6.61. The number of rotatable bonds is 5. The predicted octanol–water partition coefficient (Wildman–Crippen LogP) is 9.31. The Morgan fingerprint density at radius 2 is 1.10 bits per heavy atom. The summed E-state index contributed by atoms with van der Waals surface area (Å²) in [6.45, 7) is 26.5. The summed E-state index contributed by atoms with van der Waals surface area (Å²) < 4.78 is 15.0. The van der Waals surface area contributed by atoms with Crippen LogP contribution in [-0.4, -0.2) is 10.3 Å². The van der Waals surface area contributed by atoms with Gasteiger partial charge in [-0.15, -0.1) is 0 Å². The van der Waals surface area contributed by atoms with E-state index in [1.54, 1.807) is 0 Å². The molecule has 0 saturated carbocycles. The quantitative estimate of drug-likeness (QED) is 0.423. The van der Waals surface area contributed by atoms with Crippen LogP contribution in [0.25, 0.3) is 11.1 Å². The molecular formula is C29H45OP. The van der Waals surface area contributed by atoms with Gasteiger partial charge in [0.15, 0.2) is 0 Å². The second-order valence-corrected chi connectivity index (χ2v) is 16.4.